The van der Waals surface area contributed by atoms with Gasteiger partial charge in [0.05, 0.1) is 11.7 Å². The third-order valence-electron chi connectivity index (χ3n) is 5.03. The number of carbonyl (C=O) groups excluding carboxylic acids is 1. The Balaban J connectivity index is 1.31. The highest BCUT2D eigenvalue weighted by Gasteiger charge is 2.34. The molecule has 154 valence electrons. The molecular weight excluding hydrogens is 385 g/mol. The van der Waals surface area contributed by atoms with Gasteiger partial charge in [-0.3, -0.25) is 4.68 Å². The lowest BCUT2D eigenvalue weighted by Gasteiger charge is -2.32. The summed E-state index contributed by atoms with van der Waals surface area (Å²) in [4.78, 5) is 18.6. The third kappa shape index (κ3) is 4.36. The second kappa shape index (κ2) is 7.76. The Kier molecular flexibility index (Phi) is 5.16. The molecule has 1 atom stereocenters. The number of alkyl halides is 3. The quantitative estimate of drug-likeness (QED) is 0.724. The third-order valence-corrected chi connectivity index (χ3v) is 5.03. The number of likely N-dealkylation sites (tertiary alicyclic amines) is 1. The maximum absolute atomic E-state index is 12.8. The van der Waals surface area contributed by atoms with Gasteiger partial charge in [0, 0.05) is 44.6 Å². The Morgan fingerprint density at radius 3 is 2.86 bits per heavy atom. The summed E-state index contributed by atoms with van der Waals surface area (Å²) in [6.07, 6.45) is 2.70. The van der Waals surface area contributed by atoms with Crippen molar-refractivity contribution in [2.45, 2.75) is 31.5 Å². The van der Waals surface area contributed by atoms with E-state index in [1.54, 1.807) is 4.90 Å². The Morgan fingerprint density at radius 2 is 2.10 bits per heavy atom. The zero-order valence-electron chi connectivity index (χ0n) is 15.6. The number of nitrogens with one attached hydrogen (secondary N) is 1. The van der Waals surface area contributed by atoms with Gasteiger partial charge < -0.3 is 14.6 Å². The fraction of sp³-hybridized carbons (Fsp3) is 0.421. The molecule has 1 N–H and O–H groups in total. The van der Waals surface area contributed by atoms with Gasteiger partial charge in [-0.1, -0.05) is 6.07 Å². The van der Waals surface area contributed by atoms with E-state index in [1.807, 2.05) is 35.0 Å². The first-order chi connectivity index (χ1) is 13.9. The van der Waals surface area contributed by atoms with Crippen LogP contribution < -0.4 is 5.32 Å². The van der Waals surface area contributed by atoms with Crippen LogP contribution in [0.1, 0.15) is 30.3 Å². The molecule has 0 spiro atoms. The number of carbonyl (C=O) groups is 1. The van der Waals surface area contributed by atoms with Gasteiger partial charge in [0.2, 0.25) is 0 Å². The minimum atomic E-state index is -4.46. The standard InChI is InChI=1S/C19H21F3N6O/c20-19(21,22)16-7-11-28(25-16)15-4-3-10-27(13-15)18(29)23-8-6-14-12-26-9-2-1-5-17(26)24-14/h1-2,5,7,9,11-12,15H,3-4,6,8,10,13H2,(H,23,29). The van der Waals surface area contributed by atoms with Gasteiger partial charge in [-0.2, -0.15) is 18.3 Å². The maximum Gasteiger partial charge on any atom is 0.435 e. The molecule has 1 saturated heterocycles. The lowest BCUT2D eigenvalue weighted by Crippen LogP contribution is -2.46. The Hall–Kier alpha value is -3.04. The number of hydrogen-bond acceptors (Lipinski definition) is 3. The summed E-state index contributed by atoms with van der Waals surface area (Å²) in [6.45, 7) is 1.34. The first-order valence-corrected chi connectivity index (χ1v) is 9.48. The molecule has 3 aromatic rings. The van der Waals surface area contributed by atoms with Crippen molar-refractivity contribution in [1.29, 1.82) is 0 Å². The molecule has 4 rings (SSSR count). The Morgan fingerprint density at radius 1 is 1.24 bits per heavy atom. The average molecular weight is 406 g/mol. The number of halogens is 3. The van der Waals surface area contributed by atoms with Gasteiger partial charge in [0.1, 0.15) is 5.65 Å². The SMILES string of the molecule is O=C(NCCc1cn2ccccc2n1)N1CCCC(n2ccc(C(F)(F)F)n2)C1. The van der Waals surface area contributed by atoms with Crippen molar-refractivity contribution in [3.05, 3.63) is 54.2 Å². The van der Waals surface area contributed by atoms with Crippen molar-refractivity contribution in [3.63, 3.8) is 0 Å². The molecule has 7 nitrogen and oxygen atoms in total. The van der Waals surface area contributed by atoms with Crippen LogP contribution >= 0.6 is 0 Å². The van der Waals surface area contributed by atoms with E-state index in [1.165, 1.54) is 10.9 Å². The molecule has 0 bridgehead atoms. The Bertz CT molecular complexity index is 962. The van der Waals surface area contributed by atoms with Crippen LogP contribution in [0.3, 0.4) is 0 Å². The molecule has 4 heterocycles. The molecule has 0 aliphatic carbocycles. The monoisotopic (exact) mass is 406 g/mol. The first kappa shape index (κ1) is 19.3. The van der Waals surface area contributed by atoms with Crippen LogP contribution in [-0.4, -0.2) is 49.7 Å². The molecule has 0 radical (unpaired) electrons. The lowest BCUT2D eigenvalue weighted by atomic mass is 10.1. The zero-order valence-corrected chi connectivity index (χ0v) is 15.6. The average Bonchev–Trinajstić information content (AvgIpc) is 3.35. The number of imidazole rings is 1. The number of hydrogen-bond donors (Lipinski definition) is 1. The van der Waals surface area contributed by atoms with Crippen LogP contribution in [-0.2, 0) is 12.6 Å². The van der Waals surface area contributed by atoms with Crippen LogP contribution in [0.4, 0.5) is 18.0 Å². The normalized spacial score (nSPS) is 17.6. The highest BCUT2D eigenvalue weighted by molar-refractivity contribution is 5.74. The summed E-state index contributed by atoms with van der Waals surface area (Å²) in [7, 11) is 0. The lowest BCUT2D eigenvalue weighted by molar-refractivity contribution is -0.141. The number of urea groups is 1. The van der Waals surface area contributed by atoms with Crippen LogP contribution in [0.5, 0.6) is 0 Å². The summed E-state index contributed by atoms with van der Waals surface area (Å²) in [5.41, 5.74) is 0.820. The maximum atomic E-state index is 12.8. The molecule has 1 fully saturated rings. The molecule has 1 aliphatic heterocycles. The topological polar surface area (TPSA) is 67.5 Å². The molecule has 2 amide bonds. The van der Waals surface area contributed by atoms with Gasteiger partial charge >= 0.3 is 12.2 Å². The predicted octanol–water partition coefficient (Wildman–Crippen LogP) is 3.14. The van der Waals surface area contributed by atoms with Crippen LogP contribution in [0.15, 0.2) is 42.9 Å². The summed E-state index contributed by atoms with van der Waals surface area (Å²) in [6, 6.07) is 6.23. The highest BCUT2D eigenvalue weighted by atomic mass is 19.4. The molecule has 0 aromatic carbocycles. The summed E-state index contributed by atoms with van der Waals surface area (Å²) < 4.78 is 41.5. The molecule has 1 aliphatic rings. The van der Waals surface area contributed by atoms with Gasteiger partial charge in [-0.25, -0.2) is 9.78 Å². The number of piperidine rings is 1. The molecular formula is C19H21F3N6O. The number of aromatic nitrogens is 4. The van der Waals surface area contributed by atoms with Crippen molar-refractivity contribution in [1.82, 2.24) is 29.4 Å². The van der Waals surface area contributed by atoms with Crippen molar-refractivity contribution < 1.29 is 18.0 Å². The van der Waals surface area contributed by atoms with Gasteiger partial charge in [0.25, 0.3) is 0 Å². The van der Waals surface area contributed by atoms with Crippen molar-refractivity contribution >= 4 is 11.7 Å². The van der Waals surface area contributed by atoms with Gasteiger partial charge in [-0.05, 0) is 31.0 Å². The minimum Gasteiger partial charge on any atom is -0.338 e. The fourth-order valence-electron chi connectivity index (χ4n) is 3.56. The number of fused-ring (bicyclic) bond motifs is 1. The molecule has 10 heteroatoms. The van der Waals surface area contributed by atoms with Crippen molar-refractivity contribution in [2.75, 3.05) is 19.6 Å². The van der Waals surface area contributed by atoms with E-state index >= 15 is 0 Å². The summed E-state index contributed by atoms with van der Waals surface area (Å²) >= 11 is 0. The molecule has 29 heavy (non-hydrogen) atoms. The van der Waals surface area contributed by atoms with Gasteiger partial charge in [-0.15, -0.1) is 0 Å². The summed E-state index contributed by atoms with van der Waals surface area (Å²) in [5, 5.41) is 6.52. The smallest absolute Gasteiger partial charge is 0.338 e. The number of amides is 2. The first-order valence-electron chi connectivity index (χ1n) is 9.48. The molecule has 1 unspecified atom stereocenters. The predicted molar refractivity (Wildman–Crippen MR) is 99.4 cm³/mol. The minimum absolute atomic E-state index is 0.221. The van der Waals surface area contributed by atoms with E-state index in [4.69, 9.17) is 0 Å². The number of nitrogens with zero attached hydrogens (tertiary/aromatic N) is 5. The number of rotatable bonds is 4. The largest absolute Gasteiger partial charge is 0.435 e. The number of pyridine rings is 1. The zero-order chi connectivity index (χ0) is 20.4. The fourth-order valence-corrected chi connectivity index (χ4v) is 3.56. The second-order valence-electron chi connectivity index (χ2n) is 7.10. The highest BCUT2D eigenvalue weighted by Crippen LogP contribution is 2.29. The van der Waals surface area contributed by atoms with Crippen molar-refractivity contribution in [3.8, 4) is 0 Å². The Labute approximate surface area is 165 Å². The molecule has 3 aromatic heterocycles. The summed E-state index contributed by atoms with van der Waals surface area (Å²) in [5.74, 6) is 0. The van der Waals surface area contributed by atoms with E-state index < -0.39 is 11.9 Å². The van der Waals surface area contributed by atoms with E-state index in [2.05, 4.69) is 15.4 Å². The van der Waals surface area contributed by atoms with E-state index in [9.17, 15) is 18.0 Å². The van der Waals surface area contributed by atoms with Crippen LogP contribution in [0.25, 0.3) is 5.65 Å². The van der Waals surface area contributed by atoms with E-state index in [0.29, 0.717) is 38.9 Å². The van der Waals surface area contributed by atoms with Crippen LogP contribution in [0.2, 0.25) is 0 Å². The van der Waals surface area contributed by atoms with E-state index in [0.717, 1.165) is 17.4 Å². The van der Waals surface area contributed by atoms with Crippen LogP contribution in [0, 0.1) is 0 Å². The second-order valence-corrected chi connectivity index (χ2v) is 7.10. The van der Waals surface area contributed by atoms with Gasteiger partial charge in [0.15, 0.2) is 5.69 Å². The van der Waals surface area contributed by atoms with Crippen molar-refractivity contribution in [2.24, 2.45) is 0 Å². The molecule has 0 saturated carbocycles. The van der Waals surface area contributed by atoms with E-state index in [-0.39, 0.29) is 12.1 Å².